The van der Waals surface area contributed by atoms with Crippen LogP contribution in [0.5, 0.6) is 5.88 Å². The van der Waals surface area contributed by atoms with E-state index in [1.54, 1.807) is 6.07 Å². The topological polar surface area (TPSA) is 97.6 Å². The van der Waals surface area contributed by atoms with Gasteiger partial charge in [-0.05, 0) is 12.1 Å². The third kappa shape index (κ3) is 3.17. The van der Waals surface area contributed by atoms with E-state index >= 15 is 0 Å². The summed E-state index contributed by atoms with van der Waals surface area (Å²) in [6.07, 6.45) is 1.21. The molecule has 4 heterocycles. The van der Waals surface area contributed by atoms with Crippen molar-refractivity contribution in [3.8, 4) is 17.1 Å². The molecule has 0 bridgehead atoms. The first-order valence-electron chi connectivity index (χ1n) is 8.96. The van der Waals surface area contributed by atoms with Gasteiger partial charge in [-0.1, -0.05) is 35.5 Å². The molecule has 2 aliphatic rings. The molecule has 9 heteroatoms. The summed E-state index contributed by atoms with van der Waals surface area (Å²) in [6.45, 7) is 1.59. The third-order valence-corrected chi connectivity index (χ3v) is 6.45. The highest BCUT2D eigenvalue weighted by atomic mass is 32.2. The van der Waals surface area contributed by atoms with E-state index in [1.807, 2.05) is 36.4 Å². The van der Waals surface area contributed by atoms with E-state index in [1.165, 1.54) is 12.3 Å². The number of fused-ring (bicyclic) bond motifs is 2. The zero-order valence-electron chi connectivity index (χ0n) is 14.9. The van der Waals surface area contributed by atoms with Gasteiger partial charge >= 0.3 is 0 Å². The number of aromatic nitrogens is 2. The number of nitrogens with one attached hydrogen (secondary N) is 1. The van der Waals surface area contributed by atoms with Crippen LogP contribution in [0.1, 0.15) is 5.76 Å². The van der Waals surface area contributed by atoms with Gasteiger partial charge in [0.2, 0.25) is 15.9 Å². The van der Waals surface area contributed by atoms with Crippen LogP contribution in [0.15, 0.2) is 64.1 Å². The predicted molar refractivity (Wildman–Crippen MR) is 100.0 cm³/mol. The fourth-order valence-electron chi connectivity index (χ4n) is 3.64. The number of nitrogens with zero attached hydrogens (tertiary/aromatic N) is 3. The van der Waals surface area contributed by atoms with Crippen molar-refractivity contribution >= 4 is 10.0 Å². The van der Waals surface area contributed by atoms with Crippen molar-refractivity contribution in [1.29, 1.82) is 0 Å². The number of hydrogen-bond acceptors (Lipinski definition) is 7. The zero-order chi connectivity index (χ0) is 19.1. The summed E-state index contributed by atoms with van der Waals surface area (Å²) in [7, 11) is -3.66. The number of pyridine rings is 1. The maximum Gasteiger partial charge on any atom is 0.246 e. The Bertz CT molecular complexity index is 1100. The summed E-state index contributed by atoms with van der Waals surface area (Å²) < 4.78 is 39.3. The lowest BCUT2D eigenvalue weighted by molar-refractivity contribution is 0.173. The molecule has 144 valence electrons. The van der Waals surface area contributed by atoms with E-state index in [0.29, 0.717) is 19.6 Å². The lowest BCUT2D eigenvalue weighted by Gasteiger charge is -2.15. The molecule has 2 atom stereocenters. The zero-order valence-corrected chi connectivity index (χ0v) is 15.7. The lowest BCUT2D eigenvalue weighted by Crippen LogP contribution is -2.42. The van der Waals surface area contributed by atoms with Gasteiger partial charge < -0.3 is 9.26 Å². The normalized spacial score (nSPS) is 23.4. The van der Waals surface area contributed by atoms with Gasteiger partial charge in [-0.25, -0.2) is 18.1 Å². The monoisotopic (exact) mass is 398 g/mol. The molecular weight excluding hydrogens is 380 g/mol. The Morgan fingerprint density at radius 1 is 1.14 bits per heavy atom. The van der Waals surface area contributed by atoms with Crippen LogP contribution in [0.4, 0.5) is 0 Å². The van der Waals surface area contributed by atoms with Crippen molar-refractivity contribution < 1.29 is 17.7 Å². The molecule has 3 aromatic rings. The van der Waals surface area contributed by atoms with Crippen LogP contribution >= 0.6 is 0 Å². The number of rotatable bonds is 3. The molecule has 2 aliphatic heterocycles. The fourth-order valence-corrected chi connectivity index (χ4v) is 4.98. The average molecular weight is 398 g/mol. The fraction of sp³-hybridized carbons (Fsp3) is 0.263. The van der Waals surface area contributed by atoms with Crippen molar-refractivity contribution in [3.63, 3.8) is 0 Å². The summed E-state index contributed by atoms with van der Waals surface area (Å²) in [5, 5.41) is 4.13. The highest BCUT2D eigenvalue weighted by molar-refractivity contribution is 7.89. The van der Waals surface area contributed by atoms with Crippen molar-refractivity contribution in [2.75, 3.05) is 13.1 Å². The van der Waals surface area contributed by atoms with Crippen LogP contribution in [0.25, 0.3) is 11.3 Å². The van der Waals surface area contributed by atoms with Crippen molar-refractivity contribution in [1.82, 2.24) is 19.8 Å². The Morgan fingerprint density at radius 3 is 2.86 bits per heavy atom. The molecule has 0 spiro atoms. The maximum atomic E-state index is 12.6. The summed E-state index contributed by atoms with van der Waals surface area (Å²) >= 11 is 0. The van der Waals surface area contributed by atoms with Crippen molar-refractivity contribution in [2.24, 2.45) is 0 Å². The molecule has 8 nitrogen and oxygen atoms in total. The molecule has 0 radical (unpaired) electrons. The van der Waals surface area contributed by atoms with Crippen LogP contribution in [-0.4, -0.2) is 48.7 Å². The molecule has 5 rings (SSSR count). The number of likely N-dealkylation sites (tertiary alicyclic amines) is 1. The minimum absolute atomic E-state index is 0.0821. The molecule has 2 unspecified atom stereocenters. The summed E-state index contributed by atoms with van der Waals surface area (Å²) in [4.78, 5) is 6.26. The molecule has 1 aromatic carbocycles. The number of sulfonamides is 1. The second-order valence-corrected chi connectivity index (χ2v) is 8.61. The van der Waals surface area contributed by atoms with E-state index in [-0.39, 0.29) is 22.9 Å². The molecule has 0 amide bonds. The van der Waals surface area contributed by atoms with Crippen LogP contribution in [0, 0.1) is 0 Å². The van der Waals surface area contributed by atoms with Gasteiger partial charge in [0.25, 0.3) is 0 Å². The van der Waals surface area contributed by atoms with Gasteiger partial charge in [0.1, 0.15) is 16.7 Å². The lowest BCUT2D eigenvalue weighted by atomic mass is 10.1. The Morgan fingerprint density at radius 2 is 2.00 bits per heavy atom. The predicted octanol–water partition coefficient (Wildman–Crippen LogP) is 1.66. The second kappa shape index (κ2) is 6.69. The van der Waals surface area contributed by atoms with Gasteiger partial charge in [0.05, 0.1) is 12.6 Å². The Balaban J connectivity index is 1.33. The molecule has 1 N–H and O–H groups in total. The first-order chi connectivity index (χ1) is 13.6. The van der Waals surface area contributed by atoms with E-state index in [4.69, 9.17) is 9.26 Å². The summed E-state index contributed by atoms with van der Waals surface area (Å²) in [5.74, 6) is 0.868. The number of hydrogen-bond donors (Lipinski definition) is 1. The SMILES string of the molecule is O=S1(=O)NC2CN(Cc3cc(-c4ccccc4)no3)CC2Oc2ncccc21. The molecule has 1 saturated heterocycles. The standard InChI is InChI=1S/C19H18N4O4S/c24-28(25)18-7-4-8-20-19(18)26-17-12-23(11-16(17)22-28)10-14-9-15(21-27-14)13-5-2-1-3-6-13/h1-9,16-17,22H,10-12H2. The van der Waals surface area contributed by atoms with E-state index in [2.05, 4.69) is 19.8 Å². The van der Waals surface area contributed by atoms with Crippen molar-refractivity contribution in [3.05, 3.63) is 60.5 Å². The van der Waals surface area contributed by atoms with E-state index in [9.17, 15) is 8.42 Å². The molecule has 2 aromatic heterocycles. The van der Waals surface area contributed by atoms with Gasteiger partial charge in [0.15, 0.2) is 5.76 Å². The van der Waals surface area contributed by atoms with Gasteiger partial charge in [-0.2, -0.15) is 0 Å². The smallest absolute Gasteiger partial charge is 0.246 e. The Hall–Kier alpha value is -2.75. The summed E-state index contributed by atoms with van der Waals surface area (Å²) in [5.41, 5.74) is 1.77. The van der Waals surface area contributed by atoms with Crippen LogP contribution < -0.4 is 9.46 Å². The van der Waals surface area contributed by atoms with Gasteiger partial charge in [-0.15, -0.1) is 0 Å². The first-order valence-corrected chi connectivity index (χ1v) is 10.4. The molecule has 0 aliphatic carbocycles. The van der Waals surface area contributed by atoms with Crippen LogP contribution in [0.3, 0.4) is 0 Å². The average Bonchev–Trinajstić information content (AvgIpc) is 3.28. The third-order valence-electron chi connectivity index (χ3n) is 4.95. The molecular formula is C19H18N4O4S. The van der Waals surface area contributed by atoms with Crippen LogP contribution in [-0.2, 0) is 16.6 Å². The van der Waals surface area contributed by atoms with Crippen LogP contribution in [0.2, 0.25) is 0 Å². The van der Waals surface area contributed by atoms with Gasteiger partial charge in [0, 0.05) is 30.9 Å². The minimum atomic E-state index is -3.66. The Labute approximate surface area is 162 Å². The number of ether oxygens (including phenoxy) is 1. The molecule has 28 heavy (non-hydrogen) atoms. The molecule has 0 saturated carbocycles. The van der Waals surface area contributed by atoms with E-state index < -0.39 is 10.0 Å². The van der Waals surface area contributed by atoms with Gasteiger partial charge in [-0.3, -0.25) is 4.90 Å². The first kappa shape index (κ1) is 17.4. The largest absolute Gasteiger partial charge is 0.470 e. The molecule has 1 fully saturated rings. The minimum Gasteiger partial charge on any atom is -0.470 e. The quantitative estimate of drug-likeness (QED) is 0.716. The highest BCUT2D eigenvalue weighted by Gasteiger charge is 2.41. The second-order valence-electron chi connectivity index (χ2n) is 6.93. The maximum absolute atomic E-state index is 12.6. The Kier molecular flexibility index (Phi) is 4.15. The highest BCUT2D eigenvalue weighted by Crippen LogP contribution is 2.29. The number of benzene rings is 1. The van der Waals surface area contributed by atoms with Crippen molar-refractivity contribution in [2.45, 2.75) is 23.6 Å². The van der Waals surface area contributed by atoms with E-state index in [0.717, 1.165) is 17.0 Å². The summed E-state index contributed by atoms with van der Waals surface area (Å²) in [6, 6.07) is 14.5.